The molecule has 32 heavy (non-hydrogen) atoms. The van der Waals surface area contributed by atoms with Crippen LogP contribution in [0.15, 0.2) is 22.6 Å². The standard InChI is InChI=1S/C24H36O7S/c25-23(30-13-11-18-7-3-1-4-8-18)20-15-21(17-22(16-20)32(27,28)29)24(26)31-14-12-19-9-5-2-6-10-19/h15-16,18-19,21H,1-14,17H2,(H,27,28,29). The van der Waals surface area contributed by atoms with E-state index in [0.29, 0.717) is 11.8 Å². The molecule has 0 aromatic rings. The molecule has 0 aliphatic heterocycles. The van der Waals surface area contributed by atoms with Crippen LogP contribution < -0.4 is 0 Å². The van der Waals surface area contributed by atoms with Gasteiger partial charge in [0.15, 0.2) is 0 Å². The molecule has 3 aliphatic carbocycles. The zero-order valence-corrected chi connectivity index (χ0v) is 19.6. The van der Waals surface area contributed by atoms with Crippen molar-refractivity contribution >= 4 is 22.1 Å². The number of ether oxygens (including phenoxy) is 2. The zero-order valence-electron chi connectivity index (χ0n) is 18.8. The summed E-state index contributed by atoms with van der Waals surface area (Å²) in [5.74, 6) is -1.09. The molecule has 7 nitrogen and oxygen atoms in total. The van der Waals surface area contributed by atoms with Crippen molar-refractivity contribution in [3.63, 3.8) is 0 Å². The van der Waals surface area contributed by atoms with Crippen molar-refractivity contribution in [2.24, 2.45) is 17.8 Å². The van der Waals surface area contributed by atoms with Gasteiger partial charge in [-0.1, -0.05) is 70.3 Å². The lowest BCUT2D eigenvalue weighted by Gasteiger charge is -2.23. The fraction of sp³-hybridized carbons (Fsp3) is 0.750. The van der Waals surface area contributed by atoms with Gasteiger partial charge in [0.1, 0.15) is 0 Å². The minimum Gasteiger partial charge on any atom is -0.465 e. The molecular formula is C24H36O7S. The Morgan fingerprint density at radius 3 is 1.94 bits per heavy atom. The summed E-state index contributed by atoms with van der Waals surface area (Å²) in [6.45, 7) is 0.534. The summed E-state index contributed by atoms with van der Waals surface area (Å²) in [6, 6.07) is 0. The summed E-state index contributed by atoms with van der Waals surface area (Å²) in [5, 5.41) is 0. The minimum atomic E-state index is -4.53. The molecule has 0 spiro atoms. The number of hydrogen-bond acceptors (Lipinski definition) is 6. The first kappa shape index (κ1) is 25.0. The van der Waals surface area contributed by atoms with Crippen molar-refractivity contribution in [2.45, 2.75) is 83.5 Å². The maximum atomic E-state index is 12.6. The van der Waals surface area contributed by atoms with E-state index in [1.54, 1.807) is 0 Å². The summed E-state index contributed by atoms with van der Waals surface area (Å²) < 4.78 is 43.7. The monoisotopic (exact) mass is 468 g/mol. The molecule has 0 aromatic carbocycles. The van der Waals surface area contributed by atoms with Crippen LogP contribution in [0.1, 0.15) is 83.5 Å². The predicted molar refractivity (Wildman–Crippen MR) is 120 cm³/mol. The Kier molecular flexibility index (Phi) is 9.34. The normalized spacial score (nSPS) is 23.2. The second-order valence-corrected chi connectivity index (χ2v) is 10.9. The van der Waals surface area contributed by atoms with Crippen molar-refractivity contribution in [2.75, 3.05) is 13.2 Å². The summed E-state index contributed by atoms with van der Waals surface area (Å²) in [5.41, 5.74) is -0.0262. The van der Waals surface area contributed by atoms with Gasteiger partial charge in [0, 0.05) is 6.42 Å². The SMILES string of the molecule is O=C(OCCC1CCCCC1)C1=CC(C(=O)OCCC2CCCCC2)CC(S(=O)(=O)O)=C1. The van der Waals surface area contributed by atoms with E-state index in [2.05, 4.69) is 0 Å². The lowest BCUT2D eigenvalue weighted by Crippen LogP contribution is -2.24. The molecule has 0 radical (unpaired) electrons. The average molecular weight is 469 g/mol. The first-order valence-electron chi connectivity index (χ1n) is 12.1. The first-order chi connectivity index (χ1) is 15.3. The maximum absolute atomic E-state index is 12.6. The zero-order chi connectivity index (χ0) is 23.0. The Hall–Kier alpha value is -1.67. The van der Waals surface area contributed by atoms with E-state index >= 15 is 0 Å². The summed E-state index contributed by atoms with van der Waals surface area (Å²) >= 11 is 0. The minimum absolute atomic E-state index is 0.0262. The molecule has 0 aromatic heterocycles. The lowest BCUT2D eigenvalue weighted by molar-refractivity contribution is -0.147. The Balaban J connectivity index is 1.55. The number of carbonyl (C=O) groups is 2. The van der Waals surface area contributed by atoms with Crippen LogP contribution in [0.2, 0.25) is 0 Å². The van der Waals surface area contributed by atoms with Crippen LogP contribution in [0.5, 0.6) is 0 Å². The largest absolute Gasteiger partial charge is 0.465 e. The smallest absolute Gasteiger partial charge is 0.337 e. The van der Waals surface area contributed by atoms with E-state index in [1.807, 2.05) is 0 Å². The van der Waals surface area contributed by atoms with E-state index < -0.39 is 28.0 Å². The van der Waals surface area contributed by atoms with Gasteiger partial charge in [-0.15, -0.1) is 0 Å². The molecule has 0 amide bonds. The molecule has 1 N–H and O–H groups in total. The number of carbonyl (C=O) groups excluding carboxylic acids is 2. The Morgan fingerprint density at radius 2 is 1.41 bits per heavy atom. The van der Waals surface area contributed by atoms with E-state index in [-0.39, 0.29) is 30.1 Å². The van der Waals surface area contributed by atoms with Gasteiger partial charge in [0.2, 0.25) is 0 Å². The molecule has 2 fully saturated rings. The van der Waals surface area contributed by atoms with Crippen LogP contribution in [-0.4, -0.2) is 38.1 Å². The van der Waals surface area contributed by atoms with Crippen LogP contribution in [0.25, 0.3) is 0 Å². The molecule has 2 saturated carbocycles. The van der Waals surface area contributed by atoms with Crippen LogP contribution in [0.4, 0.5) is 0 Å². The first-order valence-corrected chi connectivity index (χ1v) is 13.5. The third-order valence-corrected chi connectivity index (χ3v) is 7.91. The summed E-state index contributed by atoms with van der Waals surface area (Å²) in [6.07, 6.45) is 15.8. The third kappa shape index (κ3) is 7.73. The fourth-order valence-corrected chi connectivity index (χ4v) is 5.68. The predicted octanol–water partition coefficient (Wildman–Crippen LogP) is 4.73. The number of esters is 2. The fourth-order valence-electron chi connectivity index (χ4n) is 5.02. The van der Waals surface area contributed by atoms with Crippen molar-refractivity contribution in [1.82, 2.24) is 0 Å². The molecular weight excluding hydrogens is 432 g/mol. The molecule has 0 heterocycles. The van der Waals surface area contributed by atoms with E-state index in [9.17, 15) is 22.6 Å². The third-order valence-electron chi connectivity index (χ3n) is 6.97. The van der Waals surface area contributed by atoms with Gasteiger partial charge < -0.3 is 9.47 Å². The summed E-state index contributed by atoms with van der Waals surface area (Å²) in [4.78, 5) is 24.7. The van der Waals surface area contributed by atoms with Gasteiger partial charge in [-0.2, -0.15) is 8.42 Å². The average Bonchev–Trinajstić information content (AvgIpc) is 2.79. The molecule has 0 bridgehead atoms. The van der Waals surface area contributed by atoms with Gasteiger partial charge in [-0.25, -0.2) is 4.79 Å². The van der Waals surface area contributed by atoms with Crippen molar-refractivity contribution in [3.8, 4) is 0 Å². The Morgan fingerprint density at radius 1 is 0.875 bits per heavy atom. The van der Waals surface area contributed by atoms with Gasteiger partial charge in [0.05, 0.1) is 29.6 Å². The van der Waals surface area contributed by atoms with Crippen LogP contribution in [0, 0.1) is 17.8 Å². The molecule has 1 atom stereocenters. The molecule has 8 heteroatoms. The van der Waals surface area contributed by atoms with Crippen molar-refractivity contribution < 1.29 is 32.0 Å². The Bertz CT molecular complexity index is 815. The van der Waals surface area contributed by atoms with Crippen molar-refractivity contribution in [1.29, 1.82) is 0 Å². The highest BCUT2D eigenvalue weighted by atomic mass is 32.2. The number of rotatable bonds is 9. The molecule has 3 aliphatic rings. The number of hydrogen-bond donors (Lipinski definition) is 1. The van der Waals surface area contributed by atoms with Gasteiger partial charge in [-0.05, 0) is 30.8 Å². The number of allylic oxidation sites excluding steroid dienone is 1. The van der Waals surface area contributed by atoms with E-state index in [4.69, 9.17) is 9.47 Å². The maximum Gasteiger partial charge on any atom is 0.337 e. The molecule has 180 valence electrons. The summed E-state index contributed by atoms with van der Waals surface area (Å²) in [7, 11) is -4.53. The van der Waals surface area contributed by atoms with E-state index in [1.165, 1.54) is 44.6 Å². The topological polar surface area (TPSA) is 107 Å². The van der Waals surface area contributed by atoms with Gasteiger partial charge in [0.25, 0.3) is 10.1 Å². The van der Waals surface area contributed by atoms with Gasteiger partial charge >= 0.3 is 11.9 Å². The highest BCUT2D eigenvalue weighted by molar-refractivity contribution is 7.89. The van der Waals surface area contributed by atoms with Crippen LogP contribution in [-0.2, 0) is 29.2 Å². The second kappa shape index (κ2) is 12.0. The lowest BCUT2D eigenvalue weighted by atomic mass is 9.87. The highest BCUT2D eigenvalue weighted by Crippen LogP contribution is 2.30. The molecule has 0 saturated heterocycles. The van der Waals surface area contributed by atoms with Crippen molar-refractivity contribution in [3.05, 3.63) is 22.6 Å². The second-order valence-electron chi connectivity index (χ2n) is 9.41. The molecule has 1 unspecified atom stereocenters. The van der Waals surface area contributed by atoms with E-state index in [0.717, 1.165) is 44.6 Å². The Labute approximate surface area is 191 Å². The highest BCUT2D eigenvalue weighted by Gasteiger charge is 2.31. The van der Waals surface area contributed by atoms with Crippen LogP contribution >= 0.6 is 0 Å². The molecule has 3 rings (SSSR count). The van der Waals surface area contributed by atoms with Gasteiger partial charge in [-0.3, -0.25) is 9.35 Å². The van der Waals surface area contributed by atoms with Crippen LogP contribution in [0.3, 0.4) is 0 Å². The quantitative estimate of drug-likeness (QED) is 0.385.